The van der Waals surface area contributed by atoms with Gasteiger partial charge >= 0.3 is 11.9 Å². The molecule has 236 valence electrons. The van der Waals surface area contributed by atoms with E-state index in [2.05, 4.69) is 13.8 Å². The Kier molecular flexibility index (Phi) is 22.7. The lowest BCUT2D eigenvalue weighted by Crippen LogP contribution is -2.44. The van der Waals surface area contributed by atoms with Crippen molar-refractivity contribution in [2.75, 3.05) is 0 Å². The summed E-state index contributed by atoms with van der Waals surface area (Å²) >= 11 is 0. The van der Waals surface area contributed by atoms with E-state index in [1.165, 1.54) is 128 Å². The lowest BCUT2D eigenvalue weighted by molar-refractivity contribution is -0.174. The van der Waals surface area contributed by atoms with Crippen LogP contribution in [0.4, 0.5) is 0 Å². The smallest absolute Gasteiger partial charge is 0.312 e. The number of esters is 1. The fourth-order valence-corrected chi connectivity index (χ4v) is 6.59. The second kappa shape index (κ2) is 24.5. The number of hydrogen-bond acceptors (Lipinski definition) is 3. The first-order chi connectivity index (χ1) is 19.5. The molecule has 0 aromatic heterocycles. The van der Waals surface area contributed by atoms with Crippen LogP contribution in [-0.4, -0.2) is 23.1 Å². The molecular formula is C36H68O4. The first kappa shape index (κ1) is 37.0. The number of aliphatic carboxylic acids is 1. The molecule has 2 atom stereocenters. The number of hydrogen-bond donors (Lipinski definition) is 1. The van der Waals surface area contributed by atoms with Gasteiger partial charge in [-0.15, -0.1) is 0 Å². The van der Waals surface area contributed by atoms with E-state index < -0.39 is 17.3 Å². The third-order valence-electron chi connectivity index (χ3n) is 9.51. The summed E-state index contributed by atoms with van der Waals surface area (Å²) in [5.74, 6) is -1.71. The van der Waals surface area contributed by atoms with E-state index in [1.54, 1.807) is 0 Å². The summed E-state index contributed by atoms with van der Waals surface area (Å²) in [5, 5.41) is 9.78. The Hall–Kier alpha value is -1.06. The molecule has 4 nitrogen and oxygen atoms in total. The zero-order valence-electron chi connectivity index (χ0n) is 27.1. The van der Waals surface area contributed by atoms with Crippen molar-refractivity contribution in [1.82, 2.24) is 0 Å². The Morgan fingerprint density at radius 1 is 0.650 bits per heavy atom. The van der Waals surface area contributed by atoms with Gasteiger partial charge in [-0.05, 0) is 45.4 Å². The van der Waals surface area contributed by atoms with Crippen LogP contribution in [0.15, 0.2) is 0 Å². The van der Waals surface area contributed by atoms with Crippen LogP contribution >= 0.6 is 0 Å². The van der Waals surface area contributed by atoms with Crippen LogP contribution in [0.2, 0.25) is 0 Å². The highest BCUT2D eigenvalue weighted by atomic mass is 16.5. The van der Waals surface area contributed by atoms with Crippen molar-refractivity contribution in [3.05, 3.63) is 0 Å². The normalized spacial score (nSPS) is 19.2. The van der Waals surface area contributed by atoms with Crippen molar-refractivity contribution in [2.24, 2.45) is 11.3 Å². The first-order valence-corrected chi connectivity index (χ1v) is 17.9. The Balaban J connectivity index is 2.39. The van der Waals surface area contributed by atoms with Crippen LogP contribution in [0.1, 0.15) is 201 Å². The molecule has 0 radical (unpaired) electrons. The highest BCUT2D eigenvalue weighted by molar-refractivity contribution is 5.84. The van der Waals surface area contributed by atoms with Crippen LogP contribution in [0.5, 0.6) is 0 Å². The lowest BCUT2D eigenvalue weighted by atomic mass is 9.67. The number of unbranched alkanes of at least 4 members (excludes halogenated alkanes) is 20. The fourth-order valence-electron chi connectivity index (χ4n) is 6.59. The van der Waals surface area contributed by atoms with Crippen molar-refractivity contribution in [3.63, 3.8) is 0 Å². The molecule has 0 spiro atoms. The van der Waals surface area contributed by atoms with E-state index in [-0.39, 0.29) is 12.1 Å². The molecule has 0 aromatic carbocycles. The van der Waals surface area contributed by atoms with Crippen molar-refractivity contribution in [1.29, 1.82) is 0 Å². The van der Waals surface area contributed by atoms with Gasteiger partial charge in [0, 0.05) is 0 Å². The van der Waals surface area contributed by atoms with E-state index in [0.29, 0.717) is 12.8 Å². The molecular weight excluding hydrogens is 496 g/mol. The number of carboxylic acids is 1. The van der Waals surface area contributed by atoms with Gasteiger partial charge in [0.1, 0.15) is 6.10 Å². The van der Waals surface area contributed by atoms with Crippen molar-refractivity contribution in [3.8, 4) is 0 Å². The van der Waals surface area contributed by atoms with E-state index in [9.17, 15) is 14.7 Å². The van der Waals surface area contributed by atoms with Crippen LogP contribution in [-0.2, 0) is 14.3 Å². The maximum Gasteiger partial charge on any atom is 0.312 e. The minimum Gasteiger partial charge on any atom is -0.481 e. The number of ether oxygens (including phenoxy) is 1. The summed E-state index contributed by atoms with van der Waals surface area (Å²) in [4.78, 5) is 25.3. The van der Waals surface area contributed by atoms with Crippen molar-refractivity contribution >= 4 is 11.9 Å². The van der Waals surface area contributed by atoms with Crippen molar-refractivity contribution < 1.29 is 19.4 Å². The Morgan fingerprint density at radius 3 is 1.40 bits per heavy atom. The molecule has 1 saturated carbocycles. The molecule has 1 fully saturated rings. The molecule has 1 N–H and O–H groups in total. The van der Waals surface area contributed by atoms with Crippen molar-refractivity contribution in [2.45, 2.75) is 207 Å². The van der Waals surface area contributed by atoms with Gasteiger partial charge in [-0.1, -0.05) is 155 Å². The molecule has 1 aliphatic rings. The average Bonchev–Trinajstić information content (AvgIpc) is 2.94. The van der Waals surface area contributed by atoms with Gasteiger partial charge < -0.3 is 9.84 Å². The van der Waals surface area contributed by atoms with Gasteiger partial charge in [-0.25, -0.2) is 0 Å². The highest BCUT2D eigenvalue weighted by Crippen LogP contribution is 2.42. The van der Waals surface area contributed by atoms with Gasteiger partial charge in [0.05, 0.1) is 11.3 Å². The summed E-state index contributed by atoms with van der Waals surface area (Å²) in [6, 6.07) is 0. The Labute approximate surface area is 249 Å². The minimum atomic E-state index is -0.878. The molecule has 2 unspecified atom stereocenters. The highest BCUT2D eigenvalue weighted by Gasteiger charge is 2.48. The van der Waals surface area contributed by atoms with E-state index in [4.69, 9.17) is 4.74 Å². The SMILES string of the molecule is CCCCCCCCCCCCCC(CCCCCCCCCCCCC)OC(=O)C1(C)CCCCC1C(=O)O. The zero-order valence-corrected chi connectivity index (χ0v) is 27.1. The molecule has 4 heteroatoms. The van der Waals surface area contributed by atoms with Gasteiger partial charge in [-0.2, -0.15) is 0 Å². The molecule has 0 saturated heterocycles. The maximum absolute atomic E-state index is 13.4. The molecule has 0 aromatic rings. The summed E-state index contributed by atoms with van der Waals surface area (Å²) in [6.07, 6.45) is 33.7. The standard InChI is InChI=1S/C36H68O4/c1-4-6-8-10-12-14-16-18-20-22-24-28-32(29-25-23-21-19-17-15-13-11-9-7-5-2)40-35(39)36(3)31-27-26-30-33(36)34(37)38/h32-33H,4-31H2,1-3H3,(H,37,38). The number of carbonyl (C=O) groups excluding carboxylic acids is 1. The van der Waals surface area contributed by atoms with Gasteiger partial charge in [0.15, 0.2) is 0 Å². The van der Waals surface area contributed by atoms with E-state index in [1.807, 2.05) is 6.92 Å². The lowest BCUT2D eigenvalue weighted by Gasteiger charge is -2.37. The average molecular weight is 565 g/mol. The monoisotopic (exact) mass is 565 g/mol. The maximum atomic E-state index is 13.4. The van der Waals surface area contributed by atoms with Gasteiger partial charge in [-0.3, -0.25) is 9.59 Å². The Morgan fingerprint density at radius 2 is 1.02 bits per heavy atom. The molecule has 0 bridgehead atoms. The quantitative estimate of drug-likeness (QED) is 0.0796. The predicted molar refractivity (Wildman–Crippen MR) is 170 cm³/mol. The second-order valence-corrected chi connectivity index (χ2v) is 13.2. The van der Waals surface area contributed by atoms with Gasteiger partial charge in [0.2, 0.25) is 0 Å². The third kappa shape index (κ3) is 17.0. The largest absolute Gasteiger partial charge is 0.481 e. The topological polar surface area (TPSA) is 63.6 Å². The summed E-state index contributed by atoms with van der Waals surface area (Å²) in [7, 11) is 0. The summed E-state index contributed by atoms with van der Waals surface area (Å²) in [5.41, 5.74) is -0.878. The summed E-state index contributed by atoms with van der Waals surface area (Å²) in [6.45, 7) is 6.38. The van der Waals surface area contributed by atoms with Crippen LogP contribution in [0.3, 0.4) is 0 Å². The van der Waals surface area contributed by atoms with E-state index >= 15 is 0 Å². The second-order valence-electron chi connectivity index (χ2n) is 13.2. The van der Waals surface area contributed by atoms with Gasteiger partial charge in [0.25, 0.3) is 0 Å². The van der Waals surface area contributed by atoms with E-state index in [0.717, 1.165) is 38.5 Å². The molecule has 1 rings (SSSR count). The minimum absolute atomic E-state index is 0.0576. The number of rotatable bonds is 27. The summed E-state index contributed by atoms with van der Waals surface area (Å²) < 4.78 is 6.15. The molecule has 1 aliphatic carbocycles. The third-order valence-corrected chi connectivity index (χ3v) is 9.51. The number of carboxylic acid groups (broad SMARTS) is 1. The first-order valence-electron chi connectivity index (χ1n) is 17.9. The Bertz CT molecular complexity index is 592. The van der Waals surface area contributed by atoms with Crippen LogP contribution < -0.4 is 0 Å². The zero-order chi connectivity index (χ0) is 29.3. The molecule has 0 amide bonds. The predicted octanol–water partition coefficient (Wildman–Crippen LogP) is 11.6. The molecule has 0 aliphatic heterocycles. The van der Waals surface area contributed by atoms with Crippen LogP contribution in [0.25, 0.3) is 0 Å². The fraction of sp³-hybridized carbons (Fsp3) is 0.944. The van der Waals surface area contributed by atoms with Crippen LogP contribution in [0, 0.1) is 11.3 Å². The molecule has 0 heterocycles. The molecule has 40 heavy (non-hydrogen) atoms. The number of carbonyl (C=O) groups is 2.